The van der Waals surface area contributed by atoms with Gasteiger partial charge in [0.05, 0.1) is 11.6 Å². The minimum absolute atomic E-state index is 0.349. The summed E-state index contributed by atoms with van der Waals surface area (Å²) in [6.45, 7) is 1.36. The maximum Gasteiger partial charge on any atom is 0.308 e. The summed E-state index contributed by atoms with van der Waals surface area (Å²) < 4.78 is 5.01. The first-order chi connectivity index (χ1) is 11.7. The lowest BCUT2D eigenvalue weighted by Crippen LogP contribution is -2.00. The lowest BCUT2D eigenvalue weighted by Gasteiger charge is -2.05. The van der Waals surface area contributed by atoms with Crippen molar-refractivity contribution in [2.45, 2.75) is 6.92 Å². The molecule has 0 atom stereocenters. The average molecular weight is 315 g/mol. The number of hydrogen-bond donors (Lipinski definition) is 0. The zero-order valence-corrected chi connectivity index (χ0v) is 12.9. The highest BCUT2D eigenvalue weighted by Crippen LogP contribution is 2.23. The van der Waals surface area contributed by atoms with Gasteiger partial charge in [-0.05, 0) is 42.0 Å². The fourth-order valence-corrected chi connectivity index (χ4v) is 2.20. The molecule has 0 aliphatic rings. The third-order valence-electron chi connectivity index (χ3n) is 3.37. The van der Waals surface area contributed by atoms with Gasteiger partial charge in [0.2, 0.25) is 0 Å². The second-order valence-electron chi connectivity index (χ2n) is 5.10. The Labute approximate surface area is 139 Å². The van der Waals surface area contributed by atoms with Crippen molar-refractivity contribution in [2.24, 2.45) is 0 Å². The van der Waals surface area contributed by atoms with E-state index in [2.05, 4.69) is 16.0 Å². The van der Waals surface area contributed by atoms with Crippen LogP contribution in [0.5, 0.6) is 5.75 Å². The molecule has 0 N–H and O–H groups in total. The zero-order chi connectivity index (χ0) is 16.9. The van der Waals surface area contributed by atoms with E-state index >= 15 is 0 Å². The molecule has 1 aromatic heterocycles. The van der Waals surface area contributed by atoms with Crippen LogP contribution in [0.15, 0.2) is 60.9 Å². The monoisotopic (exact) mass is 315 g/mol. The first-order valence-corrected chi connectivity index (χ1v) is 7.27. The van der Waals surface area contributed by atoms with E-state index < -0.39 is 0 Å². The van der Waals surface area contributed by atoms with Crippen molar-refractivity contribution < 1.29 is 9.53 Å². The van der Waals surface area contributed by atoms with Gasteiger partial charge < -0.3 is 4.74 Å². The van der Waals surface area contributed by atoms with Gasteiger partial charge in [-0.2, -0.15) is 5.26 Å². The summed E-state index contributed by atoms with van der Waals surface area (Å²) >= 11 is 0. The van der Waals surface area contributed by atoms with Crippen molar-refractivity contribution >= 4 is 5.97 Å². The number of benzene rings is 2. The Kier molecular flexibility index (Phi) is 4.30. The topological polar surface area (TPSA) is 75.9 Å². The van der Waals surface area contributed by atoms with Gasteiger partial charge in [0.1, 0.15) is 5.75 Å². The van der Waals surface area contributed by atoms with Gasteiger partial charge in [0.25, 0.3) is 0 Å². The number of ether oxygens (including phenoxy) is 1. The van der Waals surface area contributed by atoms with E-state index in [4.69, 9.17) is 10.00 Å². The SMILES string of the molecule is CC(=O)Oc1ccc(-c2cnc(-c3ccc(C#N)cc3)nc2)cc1. The van der Waals surface area contributed by atoms with E-state index in [1.807, 2.05) is 24.3 Å². The summed E-state index contributed by atoms with van der Waals surface area (Å²) in [5.74, 6) is 0.749. The van der Waals surface area contributed by atoms with Crippen molar-refractivity contribution in [1.82, 2.24) is 9.97 Å². The van der Waals surface area contributed by atoms with Crippen LogP contribution in [0, 0.1) is 11.3 Å². The molecule has 0 bridgehead atoms. The molecule has 24 heavy (non-hydrogen) atoms. The van der Waals surface area contributed by atoms with Crippen molar-refractivity contribution in [3.05, 3.63) is 66.5 Å². The molecule has 5 heteroatoms. The summed E-state index contributed by atoms with van der Waals surface area (Å²) in [6, 6.07) is 16.3. The summed E-state index contributed by atoms with van der Waals surface area (Å²) in [6.07, 6.45) is 3.47. The molecule has 0 saturated carbocycles. The summed E-state index contributed by atoms with van der Waals surface area (Å²) in [5, 5.41) is 8.82. The van der Waals surface area contributed by atoms with Gasteiger partial charge in [-0.15, -0.1) is 0 Å². The van der Waals surface area contributed by atoms with Crippen LogP contribution in [0.25, 0.3) is 22.5 Å². The minimum atomic E-state index is -0.349. The standard InChI is InChI=1S/C19H13N3O2/c1-13(23)24-18-8-6-15(7-9-18)17-11-21-19(22-12-17)16-4-2-14(10-20)3-5-16/h2-9,11-12H,1H3. The lowest BCUT2D eigenvalue weighted by atomic mass is 10.1. The molecule has 1 heterocycles. The van der Waals surface area contributed by atoms with Crippen molar-refractivity contribution in [3.63, 3.8) is 0 Å². The fourth-order valence-electron chi connectivity index (χ4n) is 2.20. The Morgan fingerprint density at radius 2 is 1.50 bits per heavy atom. The molecule has 3 aromatic rings. The number of hydrogen-bond acceptors (Lipinski definition) is 5. The molecule has 0 saturated heterocycles. The van der Waals surface area contributed by atoms with Crippen LogP contribution in [0.3, 0.4) is 0 Å². The fraction of sp³-hybridized carbons (Fsp3) is 0.0526. The first kappa shape index (κ1) is 15.4. The number of carbonyl (C=O) groups is 1. The highest BCUT2D eigenvalue weighted by molar-refractivity contribution is 5.70. The van der Waals surface area contributed by atoms with Crippen LogP contribution < -0.4 is 4.74 Å². The maximum atomic E-state index is 10.9. The summed E-state index contributed by atoms with van der Waals surface area (Å²) in [4.78, 5) is 19.7. The van der Waals surface area contributed by atoms with Gasteiger partial charge in [-0.3, -0.25) is 4.79 Å². The normalized spacial score (nSPS) is 10.0. The lowest BCUT2D eigenvalue weighted by molar-refractivity contribution is -0.131. The molecule has 0 fully saturated rings. The molecule has 2 aromatic carbocycles. The van der Waals surface area contributed by atoms with Crippen LogP contribution in [0.2, 0.25) is 0 Å². The van der Waals surface area contributed by atoms with E-state index in [0.29, 0.717) is 17.1 Å². The molecule has 0 radical (unpaired) electrons. The molecule has 3 rings (SSSR count). The Bertz CT molecular complexity index is 893. The largest absolute Gasteiger partial charge is 0.427 e. The minimum Gasteiger partial charge on any atom is -0.427 e. The van der Waals surface area contributed by atoms with Crippen LogP contribution >= 0.6 is 0 Å². The molecule has 5 nitrogen and oxygen atoms in total. The van der Waals surface area contributed by atoms with E-state index in [1.165, 1.54) is 6.92 Å². The van der Waals surface area contributed by atoms with E-state index in [9.17, 15) is 4.79 Å². The van der Waals surface area contributed by atoms with Crippen molar-refractivity contribution in [3.8, 4) is 34.3 Å². The second kappa shape index (κ2) is 6.71. The Morgan fingerprint density at radius 3 is 2.04 bits per heavy atom. The molecular formula is C19H13N3O2. The predicted molar refractivity (Wildman–Crippen MR) is 88.9 cm³/mol. The Morgan fingerprint density at radius 1 is 0.917 bits per heavy atom. The second-order valence-corrected chi connectivity index (χ2v) is 5.10. The molecule has 0 unspecified atom stereocenters. The average Bonchev–Trinajstić information content (AvgIpc) is 2.62. The molecule has 0 aliphatic heterocycles. The van der Waals surface area contributed by atoms with Crippen LogP contribution in [-0.4, -0.2) is 15.9 Å². The summed E-state index contributed by atoms with van der Waals surface area (Å²) in [5.41, 5.74) is 3.24. The summed E-state index contributed by atoms with van der Waals surface area (Å²) in [7, 11) is 0. The quantitative estimate of drug-likeness (QED) is 0.545. The number of nitrogens with zero attached hydrogens (tertiary/aromatic N) is 3. The van der Waals surface area contributed by atoms with Crippen molar-refractivity contribution in [2.75, 3.05) is 0 Å². The molecule has 116 valence electrons. The van der Waals surface area contributed by atoms with Crippen LogP contribution in [0.4, 0.5) is 0 Å². The smallest absolute Gasteiger partial charge is 0.308 e. The maximum absolute atomic E-state index is 10.9. The number of nitriles is 1. The third-order valence-corrected chi connectivity index (χ3v) is 3.37. The van der Waals surface area contributed by atoms with Crippen LogP contribution in [0.1, 0.15) is 12.5 Å². The van der Waals surface area contributed by atoms with Gasteiger partial charge in [-0.25, -0.2) is 9.97 Å². The van der Waals surface area contributed by atoms with Gasteiger partial charge in [0.15, 0.2) is 5.82 Å². The first-order valence-electron chi connectivity index (χ1n) is 7.27. The van der Waals surface area contributed by atoms with Crippen molar-refractivity contribution in [1.29, 1.82) is 5.26 Å². The number of rotatable bonds is 3. The van der Waals surface area contributed by atoms with Crippen LogP contribution in [-0.2, 0) is 4.79 Å². The Hall–Kier alpha value is -3.52. The zero-order valence-electron chi connectivity index (χ0n) is 12.9. The number of aromatic nitrogens is 2. The third kappa shape index (κ3) is 3.45. The van der Waals surface area contributed by atoms with Gasteiger partial charge in [0, 0.05) is 30.4 Å². The van der Waals surface area contributed by atoms with Gasteiger partial charge >= 0.3 is 5.97 Å². The highest BCUT2D eigenvalue weighted by Gasteiger charge is 2.04. The van der Waals surface area contributed by atoms with E-state index in [0.717, 1.165) is 16.7 Å². The number of carbonyl (C=O) groups excluding carboxylic acids is 1. The highest BCUT2D eigenvalue weighted by atomic mass is 16.5. The molecule has 0 aliphatic carbocycles. The molecule has 0 spiro atoms. The van der Waals surface area contributed by atoms with E-state index in [1.54, 1.807) is 36.7 Å². The predicted octanol–water partition coefficient (Wildman–Crippen LogP) is 3.61. The van der Waals surface area contributed by atoms with E-state index in [-0.39, 0.29) is 5.97 Å². The van der Waals surface area contributed by atoms with Gasteiger partial charge in [-0.1, -0.05) is 12.1 Å². The Balaban J connectivity index is 1.81. The number of esters is 1. The molecular weight excluding hydrogens is 302 g/mol. The molecule has 0 amide bonds.